The molecule has 1 aromatic rings. The SMILES string of the molecule is CC(C)Oc1cccc(C(C(N)=O)N2CCNCC2)c1. The fraction of sp³-hybridized carbons (Fsp3) is 0.533. The Kier molecular flexibility index (Phi) is 4.98. The first-order chi connectivity index (χ1) is 9.58. The molecule has 1 heterocycles. The second-order valence-electron chi connectivity index (χ2n) is 5.33. The Balaban J connectivity index is 2.22. The third-order valence-electron chi connectivity index (χ3n) is 3.33. The molecule has 2 rings (SSSR count). The number of nitrogens with two attached hydrogens (primary N) is 1. The van der Waals surface area contributed by atoms with E-state index < -0.39 is 0 Å². The Hall–Kier alpha value is -1.59. The minimum absolute atomic E-state index is 0.108. The van der Waals surface area contributed by atoms with Crippen molar-refractivity contribution in [2.75, 3.05) is 26.2 Å². The van der Waals surface area contributed by atoms with E-state index in [-0.39, 0.29) is 18.1 Å². The number of benzene rings is 1. The smallest absolute Gasteiger partial charge is 0.239 e. The van der Waals surface area contributed by atoms with Gasteiger partial charge in [0.1, 0.15) is 11.8 Å². The monoisotopic (exact) mass is 277 g/mol. The molecule has 5 nitrogen and oxygen atoms in total. The number of ether oxygens (including phenoxy) is 1. The zero-order valence-corrected chi connectivity index (χ0v) is 12.1. The normalized spacial score (nSPS) is 17.9. The lowest BCUT2D eigenvalue weighted by molar-refractivity contribution is -0.123. The molecule has 0 spiro atoms. The van der Waals surface area contributed by atoms with Gasteiger partial charge in [-0.1, -0.05) is 12.1 Å². The highest BCUT2D eigenvalue weighted by Gasteiger charge is 2.27. The van der Waals surface area contributed by atoms with Crippen molar-refractivity contribution in [1.82, 2.24) is 10.2 Å². The highest BCUT2D eigenvalue weighted by molar-refractivity contribution is 5.81. The third-order valence-corrected chi connectivity index (χ3v) is 3.33. The van der Waals surface area contributed by atoms with Gasteiger partial charge in [0.15, 0.2) is 0 Å². The number of rotatable bonds is 5. The van der Waals surface area contributed by atoms with Crippen LogP contribution >= 0.6 is 0 Å². The van der Waals surface area contributed by atoms with E-state index in [2.05, 4.69) is 10.2 Å². The molecule has 5 heteroatoms. The predicted molar refractivity (Wildman–Crippen MR) is 78.6 cm³/mol. The number of amides is 1. The molecule has 0 aliphatic carbocycles. The minimum Gasteiger partial charge on any atom is -0.491 e. The van der Waals surface area contributed by atoms with Crippen molar-refractivity contribution in [3.05, 3.63) is 29.8 Å². The molecule has 0 aromatic heterocycles. The highest BCUT2D eigenvalue weighted by atomic mass is 16.5. The summed E-state index contributed by atoms with van der Waals surface area (Å²) in [5.41, 5.74) is 6.51. The van der Waals surface area contributed by atoms with E-state index in [1.165, 1.54) is 0 Å². The van der Waals surface area contributed by atoms with Gasteiger partial charge in [0.05, 0.1) is 6.10 Å². The first-order valence-corrected chi connectivity index (χ1v) is 7.08. The fourth-order valence-corrected chi connectivity index (χ4v) is 2.53. The van der Waals surface area contributed by atoms with E-state index in [9.17, 15) is 4.79 Å². The first-order valence-electron chi connectivity index (χ1n) is 7.08. The van der Waals surface area contributed by atoms with Crippen LogP contribution in [0, 0.1) is 0 Å². The van der Waals surface area contributed by atoms with Crippen LogP contribution in [0.2, 0.25) is 0 Å². The summed E-state index contributed by atoms with van der Waals surface area (Å²) < 4.78 is 5.69. The van der Waals surface area contributed by atoms with Gasteiger partial charge in [-0.3, -0.25) is 9.69 Å². The second kappa shape index (κ2) is 6.72. The van der Waals surface area contributed by atoms with Crippen molar-refractivity contribution in [3.63, 3.8) is 0 Å². The number of carbonyl (C=O) groups excluding carboxylic acids is 1. The van der Waals surface area contributed by atoms with Crippen LogP contribution in [0.3, 0.4) is 0 Å². The number of carbonyl (C=O) groups is 1. The van der Waals surface area contributed by atoms with Crippen LogP contribution < -0.4 is 15.8 Å². The molecular formula is C15H23N3O2. The van der Waals surface area contributed by atoms with Crippen molar-refractivity contribution in [1.29, 1.82) is 0 Å². The van der Waals surface area contributed by atoms with Crippen molar-refractivity contribution < 1.29 is 9.53 Å². The Bertz CT molecular complexity index is 456. The van der Waals surface area contributed by atoms with Crippen LogP contribution in [0.15, 0.2) is 24.3 Å². The average Bonchev–Trinajstić information content (AvgIpc) is 2.39. The molecule has 1 saturated heterocycles. The van der Waals surface area contributed by atoms with Gasteiger partial charge in [0.2, 0.25) is 5.91 Å². The molecule has 1 aliphatic rings. The zero-order chi connectivity index (χ0) is 14.5. The van der Waals surface area contributed by atoms with Crippen LogP contribution in [0.1, 0.15) is 25.5 Å². The summed E-state index contributed by atoms with van der Waals surface area (Å²) in [5, 5.41) is 3.28. The first kappa shape index (κ1) is 14.8. The summed E-state index contributed by atoms with van der Waals surface area (Å²) >= 11 is 0. The summed E-state index contributed by atoms with van der Waals surface area (Å²) in [5.74, 6) is 0.465. The minimum atomic E-state index is -0.382. The Morgan fingerprint density at radius 1 is 1.35 bits per heavy atom. The van der Waals surface area contributed by atoms with E-state index >= 15 is 0 Å². The lowest BCUT2D eigenvalue weighted by atomic mass is 10.0. The standard InChI is InChI=1S/C15H23N3O2/c1-11(2)20-13-5-3-4-12(10-13)14(15(16)19)18-8-6-17-7-9-18/h3-5,10-11,14,17H,6-9H2,1-2H3,(H2,16,19). The predicted octanol–water partition coefficient (Wildman–Crippen LogP) is 0.905. The summed E-state index contributed by atoms with van der Waals surface area (Å²) in [6.07, 6.45) is 0.108. The summed E-state index contributed by atoms with van der Waals surface area (Å²) in [4.78, 5) is 14.0. The fourth-order valence-electron chi connectivity index (χ4n) is 2.53. The van der Waals surface area contributed by atoms with E-state index in [1.807, 2.05) is 38.1 Å². The number of piperazine rings is 1. The van der Waals surface area contributed by atoms with Gasteiger partial charge in [0.25, 0.3) is 0 Å². The van der Waals surface area contributed by atoms with Crippen LogP contribution in [0.5, 0.6) is 5.75 Å². The average molecular weight is 277 g/mol. The van der Waals surface area contributed by atoms with Crippen LogP contribution in [-0.2, 0) is 4.79 Å². The lowest BCUT2D eigenvalue weighted by Crippen LogP contribution is -2.48. The summed E-state index contributed by atoms with van der Waals surface area (Å²) in [6, 6.07) is 7.28. The molecule has 1 amide bonds. The molecule has 1 aromatic carbocycles. The maximum atomic E-state index is 11.9. The summed E-state index contributed by atoms with van der Waals surface area (Å²) in [6.45, 7) is 7.37. The molecular weight excluding hydrogens is 254 g/mol. The number of primary amides is 1. The van der Waals surface area contributed by atoms with Gasteiger partial charge in [0, 0.05) is 26.2 Å². The van der Waals surface area contributed by atoms with Crippen LogP contribution in [0.4, 0.5) is 0 Å². The van der Waals surface area contributed by atoms with Crippen LogP contribution in [-0.4, -0.2) is 43.1 Å². The quantitative estimate of drug-likeness (QED) is 0.839. The molecule has 1 aliphatic heterocycles. The van der Waals surface area contributed by atoms with Gasteiger partial charge < -0.3 is 15.8 Å². The topological polar surface area (TPSA) is 67.6 Å². The van der Waals surface area contributed by atoms with E-state index in [1.54, 1.807) is 0 Å². The number of nitrogens with one attached hydrogen (secondary N) is 1. The molecule has 0 radical (unpaired) electrons. The molecule has 1 atom stereocenters. The van der Waals surface area contributed by atoms with Gasteiger partial charge in [-0.25, -0.2) is 0 Å². The van der Waals surface area contributed by atoms with Gasteiger partial charge in [-0.05, 0) is 31.5 Å². The summed E-state index contributed by atoms with van der Waals surface area (Å²) in [7, 11) is 0. The highest BCUT2D eigenvalue weighted by Crippen LogP contribution is 2.25. The van der Waals surface area contributed by atoms with Gasteiger partial charge in [-0.2, -0.15) is 0 Å². The Morgan fingerprint density at radius 3 is 2.65 bits per heavy atom. The van der Waals surface area contributed by atoms with Crippen molar-refractivity contribution in [2.45, 2.75) is 26.0 Å². The Morgan fingerprint density at radius 2 is 2.05 bits per heavy atom. The molecule has 1 fully saturated rings. The maximum Gasteiger partial charge on any atom is 0.239 e. The van der Waals surface area contributed by atoms with E-state index in [0.717, 1.165) is 37.5 Å². The third kappa shape index (κ3) is 3.71. The second-order valence-corrected chi connectivity index (χ2v) is 5.33. The molecule has 0 saturated carbocycles. The molecule has 0 bridgehead atoms. The maximum absolute atomic E-state index is 11.9. The van der Waals surface area contributed by atoms with Crippen molar-refractivity contribution in [2.24, 2.45) is 5.73 Å². The van der Waals surface area contributed by atoms with Crippen LogP contribution in [0.25, 0.3) is 0 Å². The van der Waals surface area contributed by atoms with Crippen molar-refractivity contribution in [3.8, 4) is 5.75 Å². The van der Waals surface area contributed by atoms with Gasteiger partial charge in [-0.15, -0.1) is 0 Å². The van der Waals surface area contributed by atoms with E-state index in [4.69, 9.17) is 10.5 Å². The largest absolute Gasteiger partial charge is 0.491 e. The molecule has 1 unspecified atom stereocenters. The van der Waals surface area contributed by atoms with Crippen molar-refractivity contribution >= 4 is 5.91 Å². The molecule has 3 N–H and O–H groups in total. The Labute approximate surface area is 120 Å². The number of hydrogen-bond acceptors (Lipinski definition) is 4. The number of hydrogen-bond donors (Lipinski definition) is 2. The van der Waals surface area contributed by atoms with Gasteiger partial charge >= 0.3 is 0 Å². The molecule has 110 valence electrons. The van der Waals surface area contributed by atoms with E-state index in [0.29, 0.717) is 0 Å². The zero-order valence-electron chi connectivity index (χ0n) is 12.1. The number of nitrogens with zero attached hydrogens (tertiary/aromatic N) is 1. The lowest BCUT2D eigenvalue weighted by Gasteiger charge is -2.33. The molecule has 20 heavy (non-hydrogen) atoms.